The molecule has 1 amide bonds. The first kappa shape index (κ1) is 16.8. The second-order valence-corrected chi connectivity index (χ2v) is 7.79. The van der Waals surface area contributed by atoms with Crippen LogP contribution in [0.4, 0.5) is 5.69 Å². The molecule has 2 aromatic rings. The van der Waals surface area contributed by atoms with E-state index in [2.05, 4.69) is 10.0 Å². The Balaban J connectivity index is 2.34. The van der Waals surface area contributed by atoms with Crippen molar-refractivity contribution in [2.75, 3.05) is 11.3 Å². The van der Waals surface area contributed by atoms with E-state index in [4.69, 9.17) is 11.6 Å². The summed E-state index contributed by atoms with van der Waals surface area (Å²) in [5.74, 6) is -0.283. The van der Waals surface area contributed by atoms with Crippen LogP contribution in [-0.4, -0.2) is 20.9 Å². The number of hydrogen-bond donors (Lipinski definition) is 2. The smallest absolute Gasteiger partial charge is 0.263 e. The Morgan fingerprint density at radius 3 is 2.64 bits per heavy atom. The van der Waals surface area contributed by atoms with E-state index in [1.165, 1.54) is 6.07 Å². The Hall–Kier alpha value is -1.57. The van der Waals surface area contributed by atoms with Gasteiger partial charge in [-0.15, -0.1) is 11.3 Å². The predicted molar refractivity (Wildman–Crippen MR) is 89.3 cm³/mol. The first-order chi connectivity index (χ1) is 10.3. The van der Waals surface area contributed by atoms with Gasteiger partial charge in [0.2, 0.25) is 0 Å². The van der Waals surface area contributed by atoms with Crippen LogP contribution < -0.4 is 10.0 Å². The monoisotopic (exact) mass is 358 g/mol. The predicted octanol–water partition coefficient (Wildman–Crippen LogP) is 3.26. The number of anilines is 1. The summed E-state index contributed by atoms with van der Waals surface area (Å²) in [6.07, 6.45) is 0. The molecule has 0 fully saturated rings. The zero-order chi connectivity index (χ0) is 16.3. The van der Waals surface area contributed by atoms with E-state index < -0.39 is 10.0 Å². The fraction of sp³-hybridized carbons (Fsp3) is 0.214. The number of sulfonamides is 1. The largest absolute Gasteiger partial charge is 0.352 e. The van der Waals surface area contributed by atoms with Crippen molar-refractivity contribution in [2.45, 2.75) is 18.7 Å². The van der Waals surface area contributed by atoms with E-state index in [0.717, 1.165) is 11.3 Å². The minimum Gasteiger partial charge on any atom is -0.352 e. The number of thiophene rings is 1. The summed E-state index contributed by atoms with van der Waals surface area (Å²) in [6.45, 7) is 3.94. The Morgan fingerprint density at radius 2 is 2.00 bits per heavy atom. The maximum Gasteiger partial charge on any atom is 0.263 e. The quantitative estimate of drug-likeness (QED) is 0.861. The van der Waals surface area contributed by atoms with Crippen molar-refractivity contribution in [3.05, 3.63) is 45.1 Å². The van der Waals surface area contributed by atoms with Crippen molar-refractivity contribution < 1.29 is 13.2 Å². The van der Waals surface area contributed by atoms with Crippen LogP contribution >= 0.6 is 22.9 Å². The molecule has 118 valence electrons. The van der Waals surface area contributed by atoms with E-state index in [-0.39, 0.29) is 10.8 Å². The van der Waals surface area contributed by atoms with E-state index in [1.807, 2.05) is 0 Å². The number of nitrogens with one attached hydrogen (secondary N) is 2. The number of halogens is 1. The molecular formula is C14H15ClN2O3S2. The lowest BCUT2D eigenvalue weighted by Crippen LogP contribution is -2.21. The maximum absolute atomic E-state index is 12.5. The standard InChI is InChI=1S/C14H15ClN2O3S2/c1-3-16-14(18)12-8-13(9(2)21-12)22(19,20)17-11-7-5-4-6-10(11)15/h4-8,17H,3H2,1-2H3,(H,16,18). The summed E-state index contributed by atoms with van der Waals surface area (Å²) >= 11 is 7.11. The summed E-state index contributed by atoms with van der Waals surface area (Å²) in [5, 5.41) is 2.96. The lowest BCUT2D eigenvalue weighted by atomic mass is 10.3. The van der Waals surface area contributed by atoms with Crippen molar-refractivity contribution in [1.82, 2.24) is 5.32 Å². The molecule has 2 N–H and O–H groups in total. The number of carbonyl (C=O) groups excluding carboxylic acids is 1. The van der Waals surface area contributed by atoms with E-state index in [1.54, 1.807) is 38.1 Å². The molecule has 0 spiro atoms. The van der Waals surface area contributed by atoms with Gasteiger partial charge < -0.3 is 5.32 Å². The van der Waals surface area contributed by atoms with Gasteiger partial charge in [-0.2, -0.15) is 0 Å². The van der Waals surface area contributed by atoms with Crippen molar-refractivity contribution in [1.29, 1.82) is 0 Å². The van der Waals surface area contributed by atoms with E-state index >= 15 is 0 Å². The first-order valence-corrected chi connectivity index (χ1v) is 9.19. The molecule has 8 heteroatoms. The van der Waals surface area contributed by atoms with E-state index in [0.29, 0.717) is 27.0 Å². The van der Waals surface area contributed by atoms with Crippen LogP contribution in [0.2, 0.25) is 5.02 Å². The van der Waals surface area contributed by atoms with Gasteiger partial charge in [0.1, 0.15) is 4.90 Å². The number of amides is 1. The number of carbonyl (C=O) groups is 1. The molecule has 1 aromatic carbocycles. The summed E-state index contributed by atoms with van der Waals surface area (Å²) in [4.78, 5) is 12.8. The third-order valence-corrected chi connectivity index (χ3v) is 5.84. The van der Waals surface area contributed by atoms with Crippen LogP contribution in [0.5, 0.6) is 0 Å². The number of para-hydroxylation sites is 1. The number of benzene rings is 1. The minimum absolute atomic E-state index is 0.0821. The van der Waals surface area contributed by atoms with Gasteiger partial charge in [-0.05, 0) is 32.0 Å². The van der Waals surface area contributed by atoms with Crippen molar-refractivity contribution in [3.63, 3.8) is 0 Å². The Morgan fingerprint density at radius 1 is 1.32 bits per heavy atom. The van der Waals surface area contributed by atoms with Crippen molar-refractivity contribution >= 4 is 44.6 Å². The second kappa shape index (κ2) is 6.68. The van der Waals surface area contributed by atoms with Gasteiger partial charge in [-0.25, -0.2) is 8.42 Å². The Bertz CT molecular complexity index is 800. The molecule has 5 nitrogen and oxygen atoms in total. The van der Waals surface area contributed by atoms with Gasteiger partial charge in [0.25, 0.3) is 15.9 Å². The Kier molecular flexibility index (Phi) is 5.10. The van der Waals surface area contributed by atoms with Gasteiger partial charge in [-0.1, -0.05) is 23.7 Å². The lowest BCUT2D eigenvalue weighted by Gasteiger charge is -2.08. The van der Waals surface area contributed by atoms with Gasteiger partial charge in [0.05, 0.1) is 15.6 Å². The molecule has 0 aliphatic rings. The van der Waals surface area contributed by atoms with Gasteiger partial charge >= 0.3 is 0 Å². The molecule has 22 heavy (non-hydrogen) atoms. The average molecular weight is 359 g/mol. The molecule has 0 aliphatic carbocycles. The van der Waals surface area contributed by atoms with Crippen molar-refractivity contribution in [2.24, 2.45) is 0 Å². The number of hydrogen-bond acceptors (Lipinski definition) is 4. The van der Waals surface area contributed by atoms with Gasteiger partial charge in [0, 0.05) is 11.4 Å². The normalized spacial score (nSPS) is 11.2. The summed E-state index contributed by atoms with van der Waals surface area (Å²) in [5.41, 5.74) is 0.300. The highest BCUT2D eigenvalue weighted by Crippen LogP contribution is 2.29. The second-order valence-electron chi connectivity index (χ2n) is 4.48. The summed E-state index contributed by atoms with van der Waals surface area (Å²) < 4.78 is 27.4. The molecule has 0 radical (unpaired) electrons. The van der Waals surface area contributed by atoms with E-state index in [9.17, 15) is 13.2 Å². The van der Waals surface area contributed by atoms with Crippen LogP contribution in [0.25, 0.3) is 0 Å². The minimum atomic E-state index is -3.80. The summed E-state index contributed by atoms with van der Waals surface area (Å²) in [7, 11) is -3.80. The topological polar surface area (TPSA) is 75.3 Å². The van der Waals surface area contributed by atoms with Crippen molar-refractivity contribution in [3.8, 4) is 0 Å². The third-order valence-electron chi connectivity index (χ3n) is 2.84. The highest BCUT2D eigenvalue weighted by atomic mass is 35.5. The summed E-state index contributed by atoms with van der Waals surface area (Å²) in [6, 6.07) is 7.95. The molecule has 1 heterocycles. The van der Waals surface area contributed by atoms with Gasteiger partial charge in [0.15, 0.2) is 0 Å². The number of aryl methyl sites for hydroxylation is 1. The molecule has 0 aliphatic heterocycles. The molecule has 0 atom stereocenters. The fourth-order valence-electron chi connectivity index (χ4n) is 1.84. The molecule has 0 unspecified atom stereocenters. The maximum atomic E-state index is 12.5. The van der Waals surface area contributed by atoms with Crippen LogP contribution in [0.3, 0.4) is 0 Å². The average Bonchev–Trinajstić information content (AvgIpc) is 2.84. The Labute approximate surface area is 138 Å². The fourth-order valence-corrected chi connectivity index (χ4v) is 4.66. The molecule has 0 bridgehead atoms. The van der Waals surface area contributed by atoms with Crippen LogP contribution in [-0.2, 0) is 10.0 Å². The molecule has 0 saturated carbocycles. The molecular weight excluding hydrogens is 344 g/mol. The highest BCUT2D eigenvalue weighted by molar-refractivity contribution is 7.93. The highest BCUT2D eigenvalue weighted by Gasteiger charge is 2.22. The zero-order valence-corrected chi connectivity index (χ0v) is 14.4. The first-order valence-electron chi connectivity index (χ1n) is 6.51. The van der Waals surface area contributed by atoms with Crippen LogP contribution in [0.1, 0.15) is 21.5 Å². The lowest BCUT2D eigenvalue weighted by molar-refractivity contribution is 0.0959. The number of rotatable bonds is 5. The van der Waals surface area contributed by atoms with Crippen LogP contribution in [0.15, 0.2) is 35.2 Å². The molecule has 2 rings (SSSR count). The third kappa shape index (κ3) is 3.60. The van der Waals surface area contributed by atoms with Crippen LogP contribution in [0, 0.1) is 6.92 Å². The molecule has 0 saturated heterocycles. The zero-order valence-electron chi connectivity index (χ0n) is 12.0. The van der Waals surface area contributed by atoms with Gasteiger partial charge in [-0.3, -0.25) is 9.52 Å². The molecule has 1 aromatic heterocycles. The SMILES string of the molecule is CCNC(=O)c1cc(S(=O)(=O)Nc2ccccc2Cl)c(C)s1.